The number of carbonyl (C=O) groups is 1. The van der Waals surface area contributed by atoms with E-state index in [9.17, 15) is 18.0 Å². The summed E-state index contributed by atoms with van der Waals surface area (Å²) in [5, 5.41) is 3.34. The molecule has 0 spiro atoms. The zero-order valence-electron chi connectivity index (χ0n) is 22.0. The van der Waals surface area contributed by atoms with Crippen LogP contribution in [0.15, 0.2) is 88.6 Å². The molecule has 4 aromatic rings. The Labute approximate surface area is 238 Å². The summed E-state index contributed by atoms with van der Waals surface area (Å²) in [7, 11) is -3.95. The Morgan fingerprint density at radius 1 is 0.950 bits per heavy atom. The fraction of sp³-hybridized carbons (Fsp3) is 0.241. The van der Waals surface area contributed by atoms with Crippen molar-refractivity contribution in [2.45, 2.75) is 18.4 Å². The molecule has 0 bridgehead atoms. The summed E-state index contributed by atoms with van der Waals surface area (Å²) in [6.45, 7) is 4.00. The molecule has 11 heteroatoms. The van der Waals surface area contributed by atoms with Crippen molar-refractivity contribution in [2.75, 3.05) is 32.7 Å². The molecule has 1 aliphatic heterocycles. The van der Waals surface area contributed by atoms with Gasteiger partial charge in [-0.15, -0.1) is 0 Å². The number of sulfonamides is 1. The highest BCUT2D eigenvalue weighted by atomic mass is 35.5. The number of aryl methyl sites for hydroxylation is 1. The summed E-state index contributed by atoms with van der Waals surface area (Å²) in [5.41, 5.74) is 2.48. The van der Waals surface area contributed by atoms with Gasteiger partial charge in [0.25, 0.3) is 5.91 Å². The molecule has 208 valence electrons. The Balaban J connectivity index is 1.64. The van der Waals surface area contributed by atoms with Gasteiger partial charge in [0.1, 0.15) is 10.6 Å². The van der Waals surface area contributed by atoms with Crippen molar-refractivity contribution in [1.29, 1.82) is 0 Å². The zero-order chi connectivity index (χ0) is 28.3. The van der Waals surface area contributed by atoms with Crippen LogP contribution in [-0.4, -0.2) is 61.1 Å². The van der Waals surface area contributed by atoms with E-state index in [0.29, 0.717) is 43.1 Å². The first-order chi connectivity index (χ1) is 19.3. The third kappa shape index (κ3) is 5.48. The molecule has 2 heterocycles. The average Bonchev–Trinajstić information content (AvgIpc) is 3.25. The monoisotopic (exact) mass is 579 g/mol. The second-order valence-corrected chi connectivity index (χ2v) is 11.6. The fourth-order valence-corrected chi connectivity index (χ4v) is 6.46. The van der Waals surface area contributed by atoms with Gasteiger partial charge in [-0.2, -0.15) is 0 Å². The summed E-state index contributed by atoms with van der Waals surface area (Å²) in [4.78, 5) is 29.9. The predicted octanol–water partition coefficient (Wildman–Crippen LogP) is 3.29. The SMILES string of the molecule is Cc1ccccc1-n1c(-c2ccccc2)c(C(=O)N2CCNCC2)n(CCNS(=O)(=O)c2ccccc2Cl)c1=O. The van der Waals surface area contributed by atoms with Crippen LogP contribution in [0.5, 0.6) is 0 Å². The number of nitrogens with zero attached hydrogens (tertiary/aromatic N) is 3. The highest BCUT2D eigenvalue weighted by Gasteiger charge is 2.31. The number of rotatable bonds is 8. The third-order valence-electron chi connectivity index (χ3n) is 6.90. The van der Waals surface area contributed by atoms with Crippen LogP contribution in [0, 0.1) is 6.92 Å². The summed E-state index contributed by atoms with van der Waals surface area (Å²) in [6.07, 6.45) is 0. The Morgan fingerprint density at radius 2 is 1.60 bits per heavy atom. The van der Waals surface area contributed by atoms with Crippen molar-refractivity contribution >= 4 is 27.5 Å². The number of carbonyl (C=O) groups excluding carboxylic acids is 1. The van der Waals surface area contributed by atoms with Crippen LogP contribution in [-0.2, 0) is 16.6 Å². The van der Waals surface area contributed by atoms with Crippen molar-refractivity contribution in [1.82, 2.24) is 24.1 Å². The van der Waals surface area contributed by atoms with E-state index in [1.807, 2.05) is 61.5 Å². The highest BCUT2D eigenvalue weighted by Crippen LogP contribution is 2.29. The van der Waals surface area contributed by atoms with Gasteiger partial charge in [0.05, 0.1) is 16.4 Å². The number of piperazine rings is 1. The molecule has 9 nitrogen and oxygen atoms in total. The number of halogens is 1. The molecule has 0 radical (unpaired) electrons. The predicted molar refractivity (Wildman–Crippen MR) is 156 cm³/mol. The Bertz CT molecular complexity index is 1690. The maximum Gasteiger partial charge on any atom is 0.333 e. The molecular weight excluding hydrogens is 550 g/mol. The van der Waals surface area contributed by atoms with Gasteiger partial charge in [0.2, 0.25) is 10.0 Å². The summed E-state index contributed by atoms with van der Waals surface area (Å²) in [5.74, 6) is -0.279. The smallest absolute Gasteiger partial charge is 0.333 e. The van der Waals surface area contributed by atoms with Gasteiger partial charge in [-0.3, -0.25) is 13.9 Å². The number of para-hydroxylation sites is 1. The van der Waals surface area contributed by atoms with Crippen LogP contribution >= 0.6 is 11.6 Å². The van der Waals surface area contributed by atoms with Crippen LogP contribution in [0.3, 0.4) is 0 Å². The lowest BCUT2D eigenvalue weighted by molar-refractivity contribution is 0.0725. The Kier molecular flexibility index (Phi) is 8.22. The van der Waals surface area contributed by atoms with Crippen molar-refractivity contribution in [3.8, 4) is 16.9 Å². The van der Waals surface area contributed by atoms with Crippen molar-refractivity contribution in [3.05, 3.63) is 106 Å². The van der Waals surface area contributed by atoms with Crippen LogP contribution in [0.4, 0.5) is 0 Å². The summed E-state index contributed by atoms with van der Waals surface area (Å²) in [6, 6.07) is 22.9. The topological polar surface area (TPSA) is 105 Å². The van der Waals surface area contributed by atoms with Gasteiger partial charge in [-0.25, -0.2) is 17.9 Å². The lowest BCUT2D eigenvalue weighted by Gasteiger charge is -2.28. The summed E-state index contributed by atoms with van der Waals surface area (Å²) >= 11 is 6.12. The normalized spacial score (nSPS) is 13.9. The number of nitrogens with one attached hydrogen (secondary N) is 2. The molecule has 1 amide bonds. The highest BCUT2D eigenvalue weighted by molar-refractivity contribution is 7.89. The number of aromatic nitrogens is 2. The van der Waals surface area contributed by atoms with Crippen LogP contribution in [0.2, 0.25) is 5.02 Å². The van der Waals surface area contributed by atoms with E-state index in [4.69, 9.17) is 11.6 Å². The van der Waals surface area contributed by atoms with E-state index in [1.54, 1.807) is 21.6 Å². The van der Waals surface area contributed by atoms with Crippen LogP contribution in [0.25, 0.3) is 16.9 Å². The lowest BCUT2D eigenvalue weighted by Crippen LogP contribution is -2.47. The molecular formula is C29H30ClN5O4S. The second-order valence-electron chi connectivity index (χ2n) is 9.49. The standard InChI is InChI=1S/C29H30ClN5O4S/c1-21-9-5-7-13-24(21)35-26(22-10-3-2-4-11-22)27(28(36)33-18-15-31-16-19-33)34(29(35)37)20-17-32-40(38,39)25-14-8-6-12-23(25)30/h2-14,31-32H,15-20H2,1H3. The van der Waals surface area contributed by atoms with Crippen molar-refractivity contribution < 1.29 is 13.2 Å². The largest absolute Gasteiger partial charge is 0.335 e. The first kappa shape index (κ1) is 27.9. The van der Waals surface area contributed by atoms with Gasteiger partial charge in [-0.1, -0.05) is 72.3 Å². The minimum Gasteiger partial charge on any atom is -0.335 e. The van der Waals surface area contributed by atoms with Crippen LogP contribution < -0.4 is 15.7 Å². The third-order valence-corrected chi connectivity index (χ3v) is 8.86. The maximum absolute atomic E-state index is 14.1. The average molecular weight is 580 g/mol. The van der Waals surface area contributed by atoms with Gasteiger partial charge in [-0.05, 0) is 30.7 Å². The quantitative estimate of drug-likeness (QED) is 0.333. The Morgan fingerprint density at radius 3 is 2.30 bits per heavy atom. The molecule has 0 unspecified atom stereocenters. The molecule has 40 heavy (non-hydrogen) atoms. The molecule has 1 aliphatic rings. The first-order valence-corrected chi connectivity index (χ1v) is 14.9. The molecule has 2 N–H and O–H groups in total. The first-order valence-electron chi connectivity index (χ1n) is 13.0. The molecule has 1 aromatic heterocycles. The molecule has 1 fully saturated rings. The second kappa shape index (κ2) is 11.8. The fourth-order valence-electron chi connectivity index (χ4n) is 4.92. The van der Waals surface area contributed by atoms with E-state index < -0.39 is 15.7 Å². The zero-order valence-corrected chi connectivity index (χ0v) is 23.6. The van der Waals surface area contributed by atoms with Crippen LogP contribution in [0.1, 0.15) is 16.1 Å². The van der Waals surface area contributed by atoms with E-state index >= 15 is 0 Å². The van der Waals surface area contributed by atoms with Crippen molar-refractivity contribution in [2.24, 2.45) is 0 Å². The van der Waals surface area contributed by atoms with Gasteiger partial charge in [0.15, 0.2) is 0 Å². The van der Waals surface area contributed by atoms with Gasteiger partial charge in [0, 0.05) is 44.8 Å². The number of imidazole rings is 1. The minimum atomic E-state index is -3.95. The number of hydrogen-bond donors (Lipinski definition) is 2. The maximum atomic E-state index is 14.1. The van der Waals surface area contributed by atoms with E-state index in [2.05, 4.69) is 10.0 Å². The molecule has 5 rings (SSSR count). The lowest BCUT2D eigenvalue weighted by atomic mass is 10.1. The molecule has 3 aromatic carbocycles. The number of hydrogen-bond acceptors (Lipinski definition) is 5. The molecule has 1 saturated heterocycles. The van der Waals surface area contributed by atoms with Gasteiger partial charge >= 0.3 is 5.69 Å². The van der Waals surface area contributed by atoms with E-state index in [-0.39, 0.29) is 34.6 Å². The van der Waals surface area contributed by atoms with Crippen molar-refractivity contribution in [3.63, 3.8) is 0 Å². The van der Waals surface area contributed by atoms with E-state index in [1.165, 1.54) is 16.7 Å². The Hall–Kier alpha value is -3.70. The molecule has 0 saturated carbocycles. The number of amides is 1. The minimum absolute atomic E-state index is 0.0522. The molecule has 0 aliphatic carbocycles. The summed E-state index contributed by atoms with van der Waals surface area (Å²) < 4.78 is 31.5. The van der Waals surface area contributed by atoms with E-state index in [0.717, 1.165) is 5.56 Å². The molecule has 0 atom stereocenters. The number of benzene rings is 3. The van der Waals surface area contributed by atoms with Gasteiger partial charge < -0.3 is 10.2 Å².